The minimum Gasteiger partial charge on any atom is -0.370 e. The number of rotatable bonds is 2. The average Bonchev–Trinajstić information content (AvgIpc) is 2.79. The van der Waals surface area contributed by atoms with Crippen LogP contribution in [0.5, 0.6) is 0 Å². The van der Waals surface area contributed by atoms with Gasteiger partial charge in [-0.25, -0.2) is 9.07 Å². The second-order valence-electron chi connectivity index (χ2n) is 6.05. The molecule has 0 amide bonds. The topological polar surface area (TPSA) is 29.9 Å². The fraction of sp³-hybridized carbons (Fsp3) is 0.211. The lowest BCUT2D eigenvalue weighted by molar-refractivity contribution is 0.611. The second kappa shape index (κ2) is 6.70. The number of fused-ring (bicyclic) bond motifs is 1. The van der Waals surface area contributed by atoms with E-state index in [4.69, 9.17) is 28.3 Å². The number of anilines is 1. The van der Waals surface area contributed by atoms with E-state index in [0.717, 1.165) is 48.4 Å². The summed E-state index contributed by atoms with van der Waals surface area (Å²) in [6.45, 7) is 0.841. The van der Waals surface area contributed by atoms with Crippen molar-refractivity contribution in [3.63, 3.8) is 0 Å². The van der Waals surface area contributed by atoms with Crippen molar-refractivity contribution in [2.24, 2.45) is 0 Å². The van der Waals surface area contributed by atoms with Gasteiger partial charge in [-0.1, -0.05) is 41.4 Å². The Balaban J connectivity index is 1.93. The van der Waals surface area contributed by atoms with Crippen molar-refractivity contribution in [3.05, 3.63) is 63.9 Å². The molecule has 0 radical (unpaired) electrons. The first-order valence-electron chi connectivity index (χ1n) is 8.21. The van der Waals surface area contributed by atoms with E-state index in [-0.39, 0.29) is 5.82 Å². The lowest BCUT2D eigenvalue weighted by atomic mass is 10.0. The van der Waals surface area contributed by atoms with E-state index in [1.54, 1.807) is 22.9 Å². The van der Waals surface area contributed by atoms with Crippen molar-refractivity contribution in [2.75, 3.05) is 11.9 Å². The summed E-state index contributed by atoms with van der Waals surface area (Å²) in [5.41, 5.74) is 3.20. The van der Waals surface area contributed by atoms with Crippen LogP contribution >= 0.6 is 23.2 Å². The van der Waals surface area contributed by atoms with Gasteiger partial charge in [0.15, 0.2) is 0 Å². The standard InChI is InChI=1S/C19H16Cl2FN3/c20-14-9-8-12(11-15(14)21)18-13-5-3-4-10-23-19(13)25(24-18)17-7-2-1-6-16(17)22/h1-2,6-9,11,23H,3-5,10H2. The predicted molar refractivity (Wildman–Crippen MR) is 100 cm³/mol. The molecule has 128 valence electrons. The zero-order chi connectivity index (χ0) is 17.4. The summed E-state index contributed by atoms with van der Waals surface area (Å²) in [6.07, 6.45) is 3.00. The van der Waals surface area contributed by atoms with E-state index in [1.807, 2.05) is 18.2 Å². The molecule has 0 saturated carbocycles. The molecule has 0 fully saturated rings. The van der Waals surface area contributed by atoms with Crippen molar-refractivity contribution < 1.29 is 4.39 Å². The predicted octanol–water partition coefficient (Wildman–Crippen LogP) is 5.73. The highest BCUT2D eigenvalue weighted by molar-refractivity contribution is 6.42. The van der Waals surface area contributed by atoms with Gasteiger partial charge in [0, 0.05) is 17.7 Å². The van der Waals surface area contributed by atoms with E-state index in [9.17, 15) is 4.39 Å². The molecule has 3 aromatic rings. The van der Waals surface area contributed by atoms with Gasteiger partial charge in [-0.3, -0.25) is 0 Å². The van der Waals surface area contributed by atoms with Crippen LogP contribution in [0.4, 0.5) is 10.2 Å². The quantitative estimate of drug-likeness (QED) is 0.619. The van der Waals surface area contributed by atoms with Crippen LogP contribution in [0.3, 0.4) is 0 Å². The molecule has 3 nitrogen and oxygen atoms in total. The van der Waals surface area contributed by atoms with Crippen molar-refractivity contribution in [1.82, 2.24) is 9.78 Å². The minimum absolute atomic E-state index is 0.306. The van der Waals surface area contributed by atoms with Gasteiger partial charge in [0.25, 0.3) is 0 Å². The van der Waals surface area contributed by atoms with Crippen molar-refractivity contribution in [1.29, 1.82) is 0 Å². The van der Waals surface area contributed by atoms with E-state index in [1.165, 1.54) is 6.07 Å². The minimum atomic E-state index is -0.306. The molecule has 2 aromatic carbocycles. The van der Waals surface area contributed by atoms with Crippen molar-refractivity contribution in [3.8, 4) is 16.9 Å². The molecular formula is C19H16Cl2FN3. The Labute approximate surface area is 155 Å². The highest BCUT2D eigenvalue weighted by Crippen LogP contribution is 2.36. The maximum Gasteiger partial charge on any atom is 0.148 e. The van der Waals surface area contributed by atoms with Crippen LogP contribution in [0.15, 0.2) is 42.5 Å². The molecule has 6 heteroatoms. The Bertz CT molecular complexity index is 936. The summed E-state index contributed by atoms with van der Waals surface area (Å²) >= 11 is 12.2. The summed E-state index contributed by atoms with van der Waals surface area (Å²) < 4.78 is 16.0. The summed E-state index contributed by atoms with van der Waals surface area (Å²) in [4.78, 5) is 0. The number of para-hydroxylation sites is 1. The Morgan fingerprint density at radius 3 is 2.68 bits per heavy atom. The summed E-state index contributed by atoms with van der Waals surface area (Å²) in [6, 6.07) is 12.1. The number of benzene rings is 2. The number of hydrogen-bond acceptors (Lipinski definition) is 2. The highest BCUT2D eigenvalue weighted by atomic mass is 35.5. The van der Waals surface area contributed by atoms with Gasteiger partial charge in [-0.15, -0.1) is 0 Å². The first kappa shape index (κ1) is 16.4. The molecule has 2 heterocycles. The zero-order valence-electron chi connectivity index (χ0n) is 13.4. The van der Waals surface area contributed by atoms with Gasteiger partial charge in [-0.05, 0) is 43.5 Å². The summed E-state index contributed by atoms with van der Waals surface area (Å²) in [7, 11) is 0. The lowest BCUT2D eigenvalue weighted by Crippen LogP contribution is -2.08. The molecule has 1 aliphatic heterocycles. The van der Waals surface area contributed by atoms with E-state index >= 15 is 0 Å². The van der Waals surface area contributed by atoms with Crippen LogP contribution in [0, 0.1) is 5.82 Å². The van der Waals surface area contributed by atoms with Crippen LogP contribution < -0.4 is 5.32 Å². The van der Waals surface area contributed by atoms with Gasteiger partial charge in [-0.2, -0.15) is 5.10 Å². The molecule has 0 atom stereocenters. The first-order valence-corrected chi connectivity index (χ1v) is 8.97. The SMILES string of the molecule is Fc1ccccc1-n1nc(-c2ccc(Cl)c(Cl)c2)c2c1NCCCC2. The van der Waals surface area contributed by atoms with Gasteiger partial charge >= 0.3 is 0 Å². The molecule has 1 N–H and O–H groups in total. The van der Waals surface area contributed by atoms with E-state index in [2.05, 4.69) is 5.32 Å². The molecule has 1 aliphatic rings. The lowest BCUT2D eigenvalue weighted by Gasteiger charge is -2.09. The molecule has 0 spiro atoms. The molecule has 0 saturated heterocycles. The first-order chi connectivity index (χ1) is 12.1. The third-order valence-corrected chi connectivity index (χ3v) is 5.14. The molecule has 1 aromatic heterocycles. The fourth-order valence-corrected chi connectivity index (χ4v) is 3.47. The van der Waals surface area contributed by atoms with Gasteiger partial charge < -0.3 is 5.32 Å². The summed E-state index contributed by atoms with van der Waals surface area (Å²) in [5, 5.41) is 9.11. The number of nitrogens with zero attached hydrogens (tertiary/aromatic N) is 2. The van der Waals surface area contributed by atoms with Gasteiger partial charge in [0.05, 0.1) is 15.7 Å². The van der Waals surface area contributed by atoms with Crippen LogP contribution in [-0.4, -0.2) is 16.3 Å². The van der Waals surface area contributed by atoms with Crippen LogP contribution in [-0.2, 0) is 6.42 Å². The Morgan fingerprint density at radius 1 is 1.04 bits per heavy atom. The number of halogens is 3. The van der Waals surface area contributed by atoms with Crippen LogP contribution in [0.2, 0.25) is 10.0 Å². The van der Waals surface area contributed by atoms with Crippen molar-refractivity contribution in [2.45, 2.75) is 19.3 Å². The highest BCUT2D eigenvalue weighted by Gasteiger charge is 2.23. The molecule has 4 rings (SSSR count). The largest absolute Gasteiger partial charge is 0.370 e. The molecule has 0 bridgehead atoms. The van der Waals surface area contributed by atoms with Gasteiger partial charge in [0.2, 0.25) is 0 Å². The van der Waals surface area contributed by atoms with Crippen LogP contribution in [0.25, 0.3) is 16.9 Å². The average molecular weight is 376 g/mol. The molecule has 0 unspecified atom stereocenters. The second-order valence-corrected chi connectivity index (χ2v) is 6.87. The van der Waals surface area contributed by atoms with E-state index in [0.29, 0.717) is 15.7 Å². The number of nitrogens with one attached hydrogen (secondary N) is 1. The summed E-state index contributed by atoms with van der Waals surface area (Å²) in [5.74, 6) is 0.545. The Hall–Kier alpha value is -2.04. The van der Waals surface area contributed by atoms with Gasteiger partial charge in [0.1, 0.15) is 17.3 Å². The third-order valence-electron chi connectivity index (χ3n) is 4.40. The molecular weight excluding hydrogens is 360 g/mol. The van der Waals surface area contributed by atoms with Crippen molar-refractivity contribution >= 4 is 29.0 Å². The zero-order valence-corrected chi connectivity index (χ0v) is 14.9. The number of hydrogen-bond donors (Lipinski definition) is 1. The molecule has 25 heavy (non-hydrogen) atoms. The monoisotopic (exact) mass is 375 g/mol. The maximum absolute atomic E-state index is 14.3. The maximum atomic E-state index is 14.3. The third kappa shape index (κ3) is 3.00. The number of aromatic nitrogens is 2. The van der Waals surface area contributed by atoms with E-state index < -0.39 is 0 Å². The smallest absolute Gasteiger partial charge is 0.148 e. The normalized spacial score (nSPS) is 13.9. The van der Waals surface area contributed by atoms with Crippen LogP contribution in [0.1, 0.15) is 18.4 Å². The Morgan fingerprint density at radius 2 is 1.88 bits per heavy atom. The Kier molecular flexibility index (Phi) is 4.40. The fourth-order valence-electron chi connectivity index (χ4n) is 3.18. The molecule has 0 aliphatic carbocycles.